The number of nitrogens with zero attached hydrogens (tertiary/aromatic N) is 12. The molecule has 0 spiro atoms. The number of ether oxygens (including phenoxy) is 2. The highest BCUT2D eigenvalue weighted by Crippen LogP contribution is 2.49. The van der Waals surface area contributed by atoms with E-state index in [0.29, 0.717) is 60.6 Å². The molecular formula is C70H42N12O12S4. The smallest absolute Gasteiger partial charge is 0.442 e. The zero-order valence-electron chi connectivity index (χ0n) is 50.6. The molecule has 6 aromatic carbocycles. The molecule has 478 valence electrons. The summed E-state index contributed by atoms with van der Waals surface area (Å²) in [6.07, 6.45) is 5.07. The van der Waals surface area contributed by atoms with E-state index < -0.39 is 70.6 Å². The summed E-state index contributed by atoms with van der Waals surface area (Å²) < 4.78 is 13.2. The lowest BCUT2D eigenvalue weighted by molar-refractivity contribution is -0.121. The second-order valence-electron chi connectivity index (χ2n) is 24.6. The number of benzene rings is 6. The monoisotopic (exact) mass is 1370 g/mol. The molecule has 0 saturated heterocycles. The number of ketones is 8. The van der Waals surface area contributed by atoms with Crippen molar-refractivity contribution < 1.29 is 57.4 Å². The first kappa shape index (κ1) is 59.3. The number of allylic oxidation sites excluding steroid dienone is 2. The molecule has 4 fully saturated rings. The van der Waals surface area contributed by atoms with Crippen molar-refractivity contribution in [3.8, 4) is 0 Å². The van der Waals surface area contributed by atoms with E-state index in [2.05, 4.69) is 30.4 Å². The van der Waals surface area contributed by atoms with E-state index in [1.54, 1.807) is 66.7 Å². The van der Waals surface area contributed by atoms with Gasteiger partial charge in [0.25, 0.3) is 0 Å². The number of rotatable bonds is 9. The lowest BCUT2D eigenvalue weighted by atomic mass is 9.72. The Morgan fingerprint density at radius 2 is 0.837 bits per heavy atom. The highest BCUT2D eigenvalue weighted by Gasteiger charge is 2.51. The summed E-state index contributed by atoms with van der Waals surface area (Å²) >= 11 is 4.45. The molecule has 18 rings (SSSR count). The third kappa shape index (κ3) is 9.47. The van der Waals surface area contributed by atoms with Crippen molar-refractivity contribution in [2.75, 3.05) is 0 Å². The van der Waals surface area contributed by atoms with Crippen LogP contribution in [0.25, 0.3) is 75.1 Å². The van der Waals surface area contributed by atoms with Crippen molar-refractivity contribution >= 4 is 201 Å². The predicted octanol–water partition coefficient (Wildman–Crippen LogP) is 12.4. The van der Waals surface area contributed by atoms with Crippen molar-refractivity contribution in [3.63, 3.8) is 0 Å². The maximum absolute atomic E-state index is 14.6. The van der Waals surface area contributed by atoms with E-state index in [9.17, 15) is 47.9 Å². The minimum Gasteiger partial charge on any atom is -0.442 e. The number of hydrogen-bond donors (Lipinski definition) is 0. The van der Waals surface area contributed by atoms with Gasteiger partial charge in [0.15, 0.2) is 57.7 Å². The first-order chi connectivity index (χ1) is 47.7. The van der Waals surface area contributed by atoms with E-state index in [-0.39, 0.29) is 136 Å². The molecule has 12 aromatic rings. The standard InChI is InChI=1S/C70H42N12O12S4/c83-55-33-15-7-8-16-34(33)56(84)41(55)25-43-71-49-45-46(78-81(77-45)69(91)93-27-29-11-3-1-4-12-29)50-64(63(49)95-43)96-44(72-50)26-42-57(85)37-21-19-31(23-39(37)58(42)86)32-20-22-38-40(24-32)62(90)54(61(38)89)76-68-74-52-48-47(79-82(80-48)70(92)94-28-30-13-5-2-6-14-30)51-65(66(52)98-68)97-67(73-51)75-53-59(87)35-17-9-10-18-36(35)60(53)88/h1-8,11-16,19,21,23,25-26,32,35-36,38,40H,9-10,17-18,20,22,24,27-28H2/b42-26+,75-53?,76-54?. The third-order valence-electron chi connectivity index (χ3n) is 19.0. The molecule has 0 N–H and O–H groups in total. The Labute approximate surface area is 565 Å². The Morgan fingerprint density at radius 3 is 1.31 bits per heavy atom. The van der Waals surface area contributed by atoms with Gasteiger partial charge in [-0.05, 0) is 72.9 Å². The van der Waals surface area contributed by atoms with Crippen LogP contribution in [0.5, 0.6) is 0 Å². The van der Waals surface area contributed by atoms with Crippen molar-refractivity contribution in [2.45, 2.75) is 64.1 Å². The molecule has 5 atom stereocenters. The molecular weight excluding hydrogens is 1330 g/mol. The van der Waals surface area contributed by atoms with Gasteiger partial charge >= 0.3 is 12.2 Å². The highest BCUT2D eigenvalue weighted by molar-refractivity contribution is 7.30. The van der Waals surface area contributed by atoms with Crippen LogP contribution in [0.2, 0.25) is 0 Å². The SMILES string of the molecule is O=C1C(=Cc2nc3c4nn(C(=O)OCc5ccccc5)nc4c4nc(/C=C5\C(=O)c6ccc(C7CCC8C(=O)C(=Nc9nc%10c%11nn(C(=O)OCc%12ccccc%12)nc%11c%11nc(N=C%12C(=O)C%13CCCCC%13C%12=O)sc%11c%10s9)C(=O)C8C7)cc6C5=O)sc4c3s2)C(=O)c2ccccc21. The highest BCUT2D eigenvalue weighted by atomic mass is 32.1. The van der Waals surface area contributed by atoms with Crippen molar-refractivity contribution in [2.24, 2.45) is 33.7 Å². The summed E-state index contributed by atoms with van der Waals surface area (Å²) in [5.41, 5.74) is 4.19. The van der Waals surface area contributed by atoms with Crippen LogP contribution in [0.1, 0.15) is 119 Å². The average molecular weight is 1370 g/mol. The van der Waals surface area contributed by atoms with E-state index in [1.165, 1.54) is 12.2 Å². The number of aromatic nitrogens is 10. The quantitative estimate of drug-likeness (QED) is 0.0957. The van der Waals surface area contributed by atoms with Crippen LogP contribution in [0.4, 0.5) is 19.9 Å². The molecule has 6 aromatic heterocycles. The summed E-state index contributed by atoms with van der Waals surface area (Å²) in [7, 11) is 0. The van der Waals surface area contributed by atoms with Gasteiger partial charge in [-0.25, -0.2) is 39.5 Å². The lowest BCUT2D eigenvalue weighted by Crippen LogP contribution is -2.26. The molecule has 6 heterocycles. The molecule has 0 amide bonds. The Balaban J connectivity index is 0.635. The third-order valence-corrected chi connectivity index (χ3v) is 23.3. The minimum atomic E-state index is -0.890. The van der Waals surface area contributed by atoms with Gasteiger partial charge in [0.05, 0.1) is 29.9 Å². The van der Waals surface area contributed by atoms with Gasteiger partial charge in [-0.3, -0.25) is 38.4 Å². The second-order valence-corrected chi connectivity index (χ2v) is 28.7. The first-order valence-electron chi connectivity index (χ1n) is 31.3. The number of hydrogen-bond acceptors (Lipinski definition) is 26. The van der Waals surface area contributed by atoms with Gasteiger partial charge in [0, 0.05) is 45.9 Å². The summed E-state index contributed by atoms with van der Waals surface area (Å²) in [5.74, 6) is -5.97. The van der Waals surface area contributed by atoms with Crippen LogP contribution < -0.4 is 0 Å². The molecule has 28 heteroatoms. The second kappa shape index (κ2) is 22.7. The van der Waals surface area contributed by atoms with Gasteiger partial charge in [-0.2, -0.15) is 0 Å². The predicted molar refractivity (Wildman–Crippen MR) is 361 cm³/mol. The summed E-state index contributed by atoms with van der Waals surface area (Å²) in [4.78, 5) is 169. The molecule has 5 unspecified atom stereocenters. The zero-order chi connectivity index (χ0) is 66.5. The lowest BCUT2D eigenvalue weighted by Gasteiger charge is -2.30. The van der Waals surface area contributed by atoms with Crippen LogP contribution in [0.3, 0.4) is 0 Å². The summed E-state index contributed by atoms with van der Waals surface area (Å²) in [6.45, 7) is -0.133. The molecule has 98 heavy (non-hydrogen) atoms. The molecule has 4 saturated carbocycles. The fourth-order valence-electron chi connectivity index (χ4n) is 14.3. The number of aliphatic imine (C=N–C) groups is 2. The number of Topliss-reactive ketones (excluding diaryl/α,β-unsaturated/α-hetero) is 8. The molecule has 24 nitrogen and oxygen atoms in total. The van der Waals surface area contributed by atoms with Gasteiger partial charge in [-0.15, -0.1) is 43.1 Å². The summed E-state index contributed by atoms with van der Waals surface area (Å²) in [6, 6.07) is 29.7. The van der Waals surface area contributed by atoms with E-state index in [1.807, 2.05) is 36.4 Å². The number of thiazole rings is 4. The zero-order valence-corrected chi connectivity index (χ0v) is 53.9. The van der Waals surface area contributed by atoms with Crippen LogP contribution >= 0.6 is 45.3 Å². The van der Waals surface area contributed by atoms with E-state index >= 15 is 0 Å². The molecule has 6 aliphatic rings. The Morgan fingerprint density at radius 1 is 0.439 bits per heavy atom. The van der Waals surface area contributed by atoms with E-state index in [4.69, 9.17) is 29.4 Å². The number of carbonyl (C=O) groups excluding carboxylic acids is 10. The Hall–Kier alpha value is -11.2. The maximum Gasteiger partial charge on any atom is 0.452 e. The van der Waals surface area contributed by atoms with Crippen LogP contribution in [0, 0.1) is 23.7 Å². The van der Waals surface area contributed by atoms with Gasteiger partial charge in [0.2, 0.25) is 10.3 Å². The van der Waals surface area contributed by atoms with Crippen LogP contribution in [-0.4, -0.2) is 120 Å². The van der Waals surface area contributed by atoms with Crippen LogP contribution in [-0.2, 0) is 41.9 Å². The van der Waals surface area contributed by atoms with Gasteiger partial charge in [-0.1, -0.05) is 142 Å². The van der Waals surface area contributed by atoms with Gasteiger partial charge in [0.1, 0.15) is 67.4 Å². The first-order valence-corrected chi connectivity index (χ1v) is 34.6. The minimum absolute atomic E-state index is 0.0467. The summed E-state index contributed by atoms with van der Waals surface area (Å²) in [5, 5.41) is 18.7. The average Bonchev–Trinajstić information content (AvgIpc) is 1.57. The van der Waals surface area contributed by atoms with Crippen molar-refractivity contribution in [1.82, 2.24) is 49.9 Å². The van der Waals surface area contributed by atoms with Gasteiger partial charge < -0.3 is 9.47 Å². The van der Waals surface area contributed by atoms with Crippen LogP contribution in [0.15, 0.2) is 124 Å². The topological polar surface area (TPSA) is 327 Å². The Kier molecular flexibility index (Phi) is 13.7. The normalized spacial score (nSPS) is 20.8. The van der Waals surface area contributed by atoms with Crippen molar-refractivity contribution in [1.29, 1.82) is 0 Å². The fraction of sp³-hybridized carbons (Fsp3) is 0.200. The number of carbonyl (C=O) groups is 10. The Bertz CT molecular complexity index is 5790. The number of fused-ring (bicyclic) bond motifs is 16. The molecule has 6 aliphatic carbocycles. The maximum atomic E-state index is 14.6. The molecule has 0 radical (unpaired) electrons. The molecule has 0 aliphatic heterocycles. The van der Waals surface area contributed by atoms with E-state index in [0.717, 1.165) is 78.9 Å². The fourth-order valence-corrected chi connectivity index (χ4v) is 18.5. The largest absolute Gasteiger partial charge is 0.452 e. The van der Waals surface area contributed by atoms with Crippen molar-refractivity contribution in [3.05, 3.63) is 163 Å². The molecule has 0 bridgehead atoms.